The van der Waals surface area contributed by atoms with Gasteiger partial charge in [0.2, 0.25) is 0 Å². The molecule has 0 fully saturated rings. The first kappa shape index (κ1) is 36.9. The Morgan fingerprint density at radius 1 is 0.887 bits per heavy atom. The van der Waals surface area contributed by atoms with Crippen molar-refractivity contribution in [3.8, 4) is 22.9 Å². The van der Waals surface area contributed by atoms with Crippen molar-refractivity contribution in [2.24, 2.45) is 4.99 Å². The van der Waals surface area contributed by atoms with Crippen LogP contribution in [0.1, 0.15) is 54.9 Å². The van der Waals surface area contributed by atoms with Crippen molar-refractivity contribution in [3.63, 3.8) is 0 Å². The molecule has 0 aliphatic carbocycles. The molecule has 12 heteroatoms. The van der Waals surface area contributed by atoms with Crippen molar-refractivity contribution in [1.29, 1.82) is 0 Å². The number of aromatic nitrogens is 2. The Morgan fingerprint density at radius 2 is 1.64 bits per heavy atom. The Bertz CT molecular complexity index is 2350. The summed E-state index contributed by atoms with van der Waals surface area (Å²) in [6.07, 6.45) is 1.87. The second-order valence-electron chi connectivity index (χ2n) is 12.2. The molecule has 2 aromatic heterocycles. The molecule has 0 N–H and O–H groups in total. The minimum Gasteiger partial charge on any atom is -0.490 e. The topological polar surface area (TPSA) is 120 Å². The zero-order valence-corrected chi connectivity index (χ0v) is 31.3. The normalized spacial score (nSPS) is 14.0. The predicted molar refractivity (Wildman–Crippen MR) is 202 cm³/mol. The van der Waals surface area contributed by atoms with Crippen LogP contribution in [-0.4, -0.2) is 48.0 Å². The van der Waals surface area contributed by atoms with Crippen molar-refractivity contribution in [3.05, 3.63) is 138 Å². The number of aryl methyl sites for hydroxylation is 1. The first-order valence-corrected chi connectivity index (χ1v) is 18.1. The highest BCUT2D eigenvalue weighted by molar-refractivity contribution is 7.07. The molecule has 6 rings (SSSR count). The van der Waals surface area contributed by atoms with Crippen LogP contribution >= 0.6 is 11.3 Å². The first-order chi connectivity index (χ1) is 25.6. The number of fused-ring (bicyclic) bond motifs is 1. The zero-order chi connectivity index (χ0) is 37.6. The number of thiazole rings is 1. The lowest BCUT2D eigenvalue weighted by Gasteiger charge is -2.25. The van der Waals surface area contributed by atoms with Gasteiger partial charge in [-0.15, -0.1) is 0 Å². The fraction of sp³-hybridized carbons (Fsp3) is 0.268. The fourth-order valence-electron chi connectivity index (χ4n) is 6.29. The third kappa shape index (κ3) is 7.82. The van der Waals surface area contributed by atoms with E-state index in [-0.39, 0.29) is 24.3 Å². The molecule has 0 saturated heterocycles. The van der Waals surface area contributed by atoms with E-state index in [4.69, 9.17) is 28.7 Å². The summed E-state index contributed by atoms with van der Waals surface area (Å²) in [7, 11) is 1.28. The summed E-state index contributed by atoms with van der Waals surface area (Å²) in [4.78, 5) is 44.8. The zero-order valence-electron chi connectivity index (χ0n) is 30.5. The summed E-state index contributed by atoms with van der Waals surface area (Å²) in [5.41, 5.74) is 5.85. The number of carbonyl (C=O) groups excluding carboxylic acids is 2. The van der Waals surface area contributed by atoms with Crippen LogP contribution in [0.5, 0.6) is 17.2 Å². The lowest BCUT2D eigenvalue weighted by Crippen LogP contribution is -2.40. The lowest BCUT2D eigenvalue weighted by molar-refractivity contribution is -0.143. The maximum atomic E-state index is 14.4. The summed E-state index contributed by atoms with van der Waals surface area (Å²) < 4.78 is 31.8. The number of hydrogen-bond donors (Lipinski definition) is 0. The Hall–Kier alpha value is -5.88. The number of esters is 2. The van der Waals surface area contributed by atoms with Gasteiger partial charge in [0.25, 0.3) is 5.56 Å². The molecule has 5 aromatic rings. The smallest absolute Gasteiger partial charge is 0.343 e. The molecule has 274 valence electrons. The van der Waals surface area contributed by atoms with Gasteiger partial charge in [0.15, 0.2) is 22.9 Å². The maximum absolute atomic E-state index is 14.4. The highest BCUT2D eigenvalue weighted by Crippen LogP contribution is 2.36. The number of ether oxygens (including phenoxy) is 5. The highest BCUT2D eigenvalue weighted by atomic mass is 32.1. The number of carbonyl (C=O) groups is 2. The molecule has 0 unspecified atom stereocenters. The number of benzene rings is 3. The third-order valence-corrected chi connectivity index (χ3v) is 9.76. The maximum Gasteiger partial charge on any atom is 0.343 e. The van der Waals surface area contributed by atoms with Gasteiger partial charge in [-0.3, -0.25) is 9.36 Å². The predicted octanol–water partition coefficient (Wildman–Crippen LogP) is 5.74. The molecule has 1 aliphatic heterocycles. The van der Waals surface area contributed by atoms with E-state index in [0.717, 1.165) is 34.0 Å². The molecule has 3 aromatic carbocycles. The van der Waals surface area contributed by atoms with Gasteiger partial charge in [0.05, 0.1) is 42.2 Å². The summed E-state index contributed by atoms with van der Waals surface area (Å²) in [6, 6.07) is 24.2. The van der Waals surface area contributed by atoms with E-state index in [1.807, 2.05) is 87.5 Å². The number of allylic oxidation sites excluding steroid dienone is 1. The van der Waals surface area contributed by atoms with E-state index in [2.05, 4.69) is 4.57 Å². The minimum absolute atomic E-state index is 0.149. The van der Waals surface area contributed by atoms with Crippen molar-refractivity contribution in [1.82, 2.24) is 9.13 Å². The standard InChI is InChI=1S/C41H41N3O8S/c1-7-49-34-21-29(14-19-33(34)52-24-36(45)48-6)38-37(40(47)50-8-2)26(4)42-41-44(38)39(46)35(53-41)22-30-20-25(3)43(27(30)5)31-15-17-32(18-16-31)51-23-28-12-10-9-11-13-28/h9-22,38H,7-8,23-24H2,1-6H3/b35-22+/t38-/m0/s1. The first-order valence-electron chi connectivity index (χ1n) is 17.3. The summed E-state index contributed by atoms with van der Waals surface area (Å²) >= 11 is 1.25. The van der Waals surface area contributed by atoms with Crippen LogP contribution in [0.25, 0.3) is 11.8 Å². The molecule has 0 bridgehead atoms. The molecule has 11 nitrogen and oxygen atoms in total. The molecular formula is C41H41N3O8S. The second-order valence-corrected chi connectivity index (χ2v) is 13.2. The van der Waals surface area contributed by atoms with E-state index in [0.29, 0.717) is 45.3 Å². The molecular weight excluding hydrogens is 695 g/mol. The number of nitrogens with zero attached hydrogens (tertiary/aromatic N) is 3. The Labute approximate surface area is 311 Å². The molecule has 0 saturated carbocycles. The molecule has 0 spiro atoms. The number of methoxy groups -OCH3 is 1. The van der Waals surface area contributed by atoms with Crippen molar-refractivity contribution < 1.29 is 33.3 Å². The van der Waals surface area contributed by atoms with E-state index >= 15 is 0 Å². The average molecular weight is 736 g/mol. The highest BCUT2D eigenvalue weighted by Gasteiger charge is 2.34. The Balaban J connectivity index is 1.38. The fourth-order valence-corrected chi connectivity index (χ4v) is 7.33. The molecule has 1 aliphatic rings. The van der Waals surface area contributed by atoms with Crippen LogP contribution in [0, 0.1) is 13.8 Å². The SMILES string of the molecule is CCOC(=O)C1=C(C)N=c2s/c(=C/c3cc(C)n(-c4ccc(OCc5ccccc5)cc4)c3C)c(=O)n2[C@H]1c1ccc(OCC(=O)OC)c(OCC)c1. The van der Waals surface area contributed by atoms with Gasteiger partial charge in [0.1, 0.15) is 12.4 Å². The van der Waals surface area contributed by atoms with Gasteiger partial charge in [-0.05, 0) is 99.8 Å². The van der Waals surface area contributed by atoms with Gasteiger partial charge in [-0.1, -0.05) is 47.7 Å². The molecule has 53 heavy (non-hydrogen) atoms. The van der Waals surface area contributed by atoms with E-state index in [9.17, 15) is 14.4 Å². The molecule has 0 amide bonds. The van der Waals surface area contributed by atoms with Crippen LogP contribution in [-0.2, 0) is 25.7 Å². The van der Waals surface area contributed by atoms with Gasteiger partial charge in [-0.25, -0.2) is 14.6 Å². The van der Waals surface area contributed by atoms with Crippen molar-refractivity contribution in [2.45, 2.75) is 47.3 Å². The summed E-state index contributed by atoms with van der Waals surface area (Å²) in [5, 5.41) is 0. The largest absolute Gasteiger partial charge is 0.490 e. The molecule has 3 heterocycles. The number of rotatable bonds is 13. The lowest BCUT2D eigenvalue weighted by atomic mass is 9.95. The van der Waals surface area contributed by atoms with E-state index in [1.165, 1.54) is 23.0 Å². The van der Waals surface area contributed by atoms with Gasteiger partial charge in [0, 0.05) is 17.1 Å². The number of hydrogen-bond acceptors (Lipinski definition) is 10. The summed E-state index contributed by atoms with van der Waals surface area (Å²) in [5.74, 6) is 0.311. The van der Waals surface area contributed by atoms with E-state index < -0.39 is 18.0 Å². The van der Waals surface area contributed by atoms with Gasteiger partial charge < -0.3 is 28.3 Å². The van der Waals surface area contributed by atoms with Crippen LogP contribution in [0.3, 0.4) is 0 Å². The molecule has 0 radical (unpaired) electrons. The van der Waals surface area contributed by atoms with Gasteiger partial charge >= 0.3 is 11.9 Å². The monoisotopic (exact) mass is 735 g/mol. The van der Waals surface area contributed by atoms with Crippen LogP contribution in [0.4, 0.5) is 0 Å². The third-order valence-electron chi connectivity index (χ3n) is 8.77. The van der Waals surface area contributed by atoms with Crippen molar-refractivity contribution >= 4 is 29.4 Å². The molecule has 1 atom stereocenters. The average Bonchev–Trinajstić information content (AvgIpc) is 3.62. The Kier molecular flexibility index (Phi) is 11.3. The van der Waals surface area contributed by atoms with Crippen LogP contribution < -0.4 is 29.1 Å². The van der Waals surface area contributed by atoms with Crippen LogP contribution in [0.2, 0.25) is 0 Å². The minimum atomic E-state index is -0.864. The quantitative estimate of drug-likeness (QED) is 0.141. The van der Waals surface area contributed by atoms with Gasteiger partial charge in [-0.2, -0.15) is 0 Å². The summed E-state index contributed by atoms with van der Waals surface area (Å²) in [6.45, 7) is 9.95. The Morgan fingerprint density at radius 3 is 2.34 bits per heavy atom. The second kappa shape index (κ2) is 16.2. The van der Waals surface area contributed by atoms with Crippen molar-refractivity contribution in [2.75, 3.05) is 26.9 Å². The van der Waals surface area contributed by atoms with E-state index in [1.54, 1.807) is 32.0 Å². The van der Waals surface area contributed by atoms with Crippen LogP contribution in [0.15, 0.2) is 99.9 Å².